The summed E-state index contributed by atoms with van der Waals surface area (Å²) in [7, 11) is 1.52. The summed E-state index contributed by atoms with van der Waals surface area (Å²) in [5.74, 6) is 0. The first-order valence-corrected chi connectivity index (χ1v) is 5.87. The molecular formula is C13H18F3NO. The average molecular weight is 261 g/mol. The van der Waals surface area contributed by atoms with Crippen molar-refractivity contribution in [3.8, 4) is 0 Å². The van der Waals surface area contributed by atoms with E-state index >= 15 is 0 Å². The highest BCUT2D eigenvalue weighted by atomic mass is 19.4. The SMILES string of the molecule is CCCNC(c1cccc(COC)c1)C(F)(F)F. The van der Waals surface area contributed by atoms with Crippen LogP contribution in [0.4, 0.5) is 13.2 Å². The van der Waals surface area contributed by atoms with Gasteiger partial charge in [0, 0.05) is 7.11 Å². The molecule has 0 aliphatic heterocycles. The maximum absolute atomic E-state index is 13.0. The molecule has 1 unspecified atom stereocenters. The van der Waals surface area contributed by atoms with Crippen molar-refractivity contribution >= 4 is 0 Å². The molecule has 2 nitrogen and oxygen atoms in total. The lowest BCUT2D eigenvalue weighted by molar-refractivity contribution is -0.157. The molecular weight excluding hydrogens is 243 g/mol. The van der Waals surface area contributed by atoms with Crippen LogP contribution in [-0.2, 0) is 11.3 Å². The molecule has 1 N–H and O–H groups in total. The van der Waals surface area contributed by atoms with Crippen molar-refractivity contribution in [2.24, 2.45) is 0 Å². The van der Waals surface area contributed by atoms with Crippen LogP contribution in [0.2, 0.25) is 0 Å². The molecule has 0 saturated carbocycles. The summed E-state index contributed by atoms with van der Waals surface area (Å²) in [6.07, 6.45) is -3.63. The number of hydrogen-bond donors (Lipinski definition) is 1. The smallest absolute Gasteiger partial charge is 0.380 e. The first-order valence-electron chi connectivity index (χ1n) is 5.87. The van der Waals surface area contributed by atoms with Crippen molar-refractivity contribution in [3.63, 3.8) is 0 Å². The van der Waals surface area contributed by atoms with Gasteiger partial charge in [-0.25, -0.2) is 0 Å². The minimum atomic E-state index is -4.29. The number of nitrogens with one attached hydrogen (secondary N) is 1. The second kappa shape index (κ2) is 6.75. The van der Waals surface area contributed by atoms with E-state index in [2.05, 4.69) is 5.32 Å². The van der Waals surface area contributed by atoms with Crippen molar-refractivity contribution in [1.29, 1.82) is 0 Å². The fraction of sp³-hybridized carbons (Fsp3) is 0.538. The van der Waals surface area contributed by atoms with Gasteiger partial charge in [-0.3, -0.25) is 0 Å². The number of rotatable bonds is 6. The largest absolute Gasteiger partial charge is 0.407 e. The minimum Gasteiger partial charge on any atom is -0.380 e. The van der Waals surface area contributed by atoms with Crippen LogP contribution in [-0.4, -0.2) is 19.8 Å². The Morgan fingerprint density at radius 3 is 2.61 bits per heavy atom. The number of methoxy groups -OCH3 is 1. The molecule has 1 aromatic carbocycles. The average Bonchev–Trinajstić information content (AvgIpc) is 2.29. The van der Waals surface area contributed by atoms with E-state index in [1.54, 1.807) is 12.1 Å². The second-order valence-electron chi connectivity index (χ2n) is 4.11. The molecule has 0 aliphatic rings. The summed E-state index contributed by atoms with van der Waals surface area (Å²) in [6.45, 7) is 2.48. The van der Waals surface area contributed by atoms with Gasteiger partial charge in [-0.2, -0.15) is 13.2 Å². The van der Waals surface area contributed by atoms with E-state index in [0.29, 0.717) is 19.6 Å². The van der Waals surface area contributed by atoms with E-state index in [1.807, 2.05) is 6.92 Å². The number of hydrogen-bond acceptors (Lipinski definition) is 2. The maximum Gasteiger partial charge on any atom is 0.407 e. The van der Waals surface area contributed by atoms with Gasteiger partial charge in [-0.05, 0) is 24.1 Å². The zero-order valence-electron chi connectivity index (χ0n) is 10.6. The van der Waals surface area contributed by atoms with Gasteiger partial charge in [0.05, 0.1) is 6.61 Å². The normalized spacial score (nSPS) is 13.6. The lowest BCUT2D eigenvalue weighted by atomic mass is 10.0. The Morgan fingerprint density at radius 2 is 2.06 bits per heavy atom. The monoisotopic (exact) mass is 261 g/mol. The Morgan fingerprint density at radius 1 is 1.33 bits per heavy atom. The number of ether oxygens (including phenoxy) is 1. The molecule has 0 aliphatic carbocycles. The Hall–Kier alpha value is -1.07. The summed E-state index contributed by atoms with van der Waals surface area (Å²) >= 11 is 0. The fourth-order valence-corrected chi connectivity index (χ4v) is 1.74. The van der Waals surface area contributed by atoms with Crippen molar-refractivity contribution < 1.29 is 17.9 Å². The highest BCUT2D eigenvalue weighted by molar-refractivity contribution is 5.26. The molecule has 0 aromatic heterocycles. The first kappa shape index (κ1) is 15.0. The molecule has 102 valence electrons. The predicted octanol–water partition coefficient (Wildman–Crippen LogP) is 3.44. The summed E-state index contributed by atoms with van der Waals surface area (Å²) in [5, 5.41) is 2.53. The predicted molar refractivity (Wildman–Crippen MR) is 64.2 cm³/mol. The van der Waals surface area contributed by atoms with Crippen LogP contribution in [0, 0.1) is 0 Å². The van der Waals surface area contributed by atoms with E-state index in [-0.39, 0.29) is 5.56 Å². The molecule has 0 fully saturated rings. The van der Waals surface area contributed by atoms with Crippen molar-refractivity contribution in [3.05, 3.63) is 35.4 Å². The van der Waals surface area contributed by atoms with Crippen LogP contribution < -0.4 is 5.32 Å². The van der Waals surface area contributed by atoms with E-state index in [9.17, 15) is 13.2 Å². The first-order chi connectivity index (χ1) is 8.49. The van der Waals surface area contributed by atoms with Crippen molar-refractivity contribution in [2.45, 2.75) is 32.2 Å². The summed E-state index contributed by atoms with van der Waals surface area (Å²) < 4.78 is 43.8. The van der Waals surface area contributed by atoms with E-state index < -0.39 is 12.2 Å². The molecule has 1 atom stereocenters. The molecule has 0 bridgehead atoms. The molecule has 5 heteroatoms. The minimum absolute atomic E-state index is 0.227. The Labute approximate surface area is 105 Å². The van der Waals surface area contributed by atoms with Crippen LogP contribution in [0.1, 0.15) is 30.5 Å². The van der Waals surface area contributed by atoms with Crippen LogP contribution in [0.15, 0.2) is 24.3 Å². The lowest BCUT2D eigenvalue weighted by Gasteiger charge is -2.22. The Kier molecular flexibility index (Phi) is 5.62. The number of alkyl halides is 3. The molecule has 1 aromatic rings. The summed E-state index contributed by atoms with van der Waals surface area (Å²) in [5.41, 5.74) is 0.966. The molecule has 0 heterocycles. The molecule has 0 saturated heterocycles. The zero-order chi connectivity index (χ0) is 13.6. The van der Waals surface area contributed by atoms with Gasteiger partial charge in [-0.1, -0.05) is 31.2 Å². The molecule has 18 heavy (non-hydrogen) atoms. The standard InChI is InChI=1S/C13H18F3NO/c1-3-7-17-12(13(14,15)16)11-6-4-5-10(8-11)9-18-2/h4-6,8,12,17H,3,7,9H2,1-2H3. The second-order valence-corrected chi connectivity index (χ2v) is 4.11. The fourth-order valence-electron chi connectivity index (χ4n) is 1.74. The third kappa shape index (κ3) is 4.31. The van der Waals surface area contributed by atoms with Gasteiger partial charge < -0.3 is 10.1 Å². The highest BCUT2D eigenvalue weighted by Gasteiger charge is 2.40. The van der Waals surface area contributed by atoms with E-state index in [1.165, 1.54) is 19.2 Å². The van der Waals surface area contributed by atoms with Crippen LogP contribution in [0.5, 0.6) is 0 Å². The van der Waals surface area contributed by atoms with Gasteiger partial charge in [-0.15, -0.1) is 0 Å². The zero-order valence-corrected chi connectivity index (χ0v) is 10.6. The molecule has 0 radical (unpaired) electrons. The molecule has 0 spiro atoms. The third-order valence-electron chi connectivity index (χ3n) is 2.52. The van der Waals surface area contributed by atoms with Crippen molar-refractivity contribution in [1.82, 2.24) is 5.32 Å². The third-order valence-corrected chi connectivity index (χ3v) is 2.52. The number of benzene rings is 1. The van der Waals surface area contributed by atoms with Gasteiger partial charge in [0.2, 0.25) is 0 Å². The quantitative estimate of drug-likeness (QED) is 0.847. The number of halogens is 3. The summed E-state index contributed by atoms with van der Waals surface area (Å²) in [4.78, 5) is 0. The Bertz CT molecular complexity index is 365. The van der Waals surface area contributed by atoms with Crippen LogP contribution in [0.3, 0.4) is 0 Å². The molecule has 1 rings (SSSR count). The van der Waals surface area contributed by atoms with Gasteiger partial charge in [0.25, 0.3) is 0 Å². The van der Waals surface area contributed by atoms with Gasteiger partial charge in [0.15, 0.2) is 0 Å². The summed E-state index contributed by atoms with van der Waals surface area (Å²) in [6, 6.07) is 4.77. The van der Waals surface area contributed by atoms with Gasteiger partial charge >= 0.3 is 6.18 Å². The van der Waals surface area contributed by atoms with E-state index in [0.717, 1.165) is 5.56 Å². The van der Waals surface area contributed by atoms with Gasteiger partial charge in [0.1, 0.15) is 6.04 Å². The van der Waals surface area contributed by atoms with E-state index in [4.69, 9.17) is 4.74 Å². The van der Waals surface area contributed by atoms with Crippen molar-refractivity contribution in [2.75, 3.05) is 13.7 Å². The van der Waals surface area contributed by atoms with Crippen LogP contribution >= 0.6 is 0 Å². The topological polar surface area (TPSA) is 21.3 Å². The molecule has 0 amide bonds. The van der Waals surface area contributed by atoms with Crippen LogP contribution in [0.25, 0.3) is 0 Å². The Balaban J connectivity index is 2.93. The maximum atomic E-state index is 13.0. The highest BCUT2D eigenvalue weighted by Crippen LogP contribution is 2.32. The lowest BCUT2D eigenvalue weighted by Crippen LogP contribution is -2.34.